The van der Waals surface area contributed by atoms with Gasteiger partial charge in [0.2, 0.25) is 0 Å². The Balaban J connectivity index is 2.16. The van der Waals surface area contributed by atoms with Gasteiger partial charge in [-0.05, 0) is 37.3 Å². The predicted molar refractivity (Wildman–Crippen MR) is 102 cm³/mol. The number of halogens is 5. The highest BCUT2D eigenvalue weighted by Gasteiger charge is 2.52. The second kappa shape index (κ2) is 8.06. The van der Waals surface area contributed by atoms with Crippen LogP contribution < -0.4 is 9.80 Å². The number of aromatic nitrogens is 1. The van der Waals surface area contributed by atoms with Crippen LogP contribution in [0.25, 0.3) is 0 Å². The third-order valence-corrected chi connectivity index (χ3v) is 4.85. The Hall–Kier alpha value is -2.76. The van der Waals surface area contributed by atoms with Crippen LogP contribution in [0.15, 0.2) is 30.3 Å². The average Bonchev–Trinajstić information content (AvgIpc) is 2.92. The molecular formula is C19H16ClF4N3O4. The third kappa shape index (κ3) is 4.21. The maximum atomic E-state index is 13.6. The lowest BCUT2D eigenvalue weighted by Gasteiger charge is -2.29. The van der Waals surface area contributed by atoms with Gasteiger partial charge in [0, 0.05) is 22.5 Å². The summed E-state index contributed by atoms with van der Waals surface area (Å²) in [7, 11) is 0. The maximum absolute atomic E-state index is 13.6. The molecule has 2 amide bonds. The molecule has 0 radical (unpaired) electrons. The fourth-order valence-corrected chi connectivity index (χ4v) is 3.26. The van der Waals surface area contributed by atoms with Crippen molar-refractivity contribution in [1.82, 2.24) is 4.98 Å². The van der Waals surface area contributed by atoms with E-state index in [9.17, 15) is 37.4 Å². The molecule has 2 aromatic rings. The molecule has 7 nitrogen and oxygen atoms in total. The minimum Gasteiger partial charge on any atom is -0.387 e. The average molecular weight is 465 g/mol. The van der Waals surface area contributed by atoms with Gasteiger partial charge in [-0.15, -0.1) is 0 Å². The lowest BCUT2D eigenvalue weighted by atomic mass is 10.1. The molecule has 0 bridgehead atoms. The second-order valence-electron chi connectivity index (χ2n) is 6.71. The summed E-state index contributed by atoms with van der Waals surface area (Å²) in [6, 6.07) is 1.37. The molecule has 0 aliphatic carbocycles. The Morgan fingerprint density at radius 1 is 1.29 bits per heavy atom. The van der Waals surface area contributed by atoms with Crippen LogP contribution in [0, 0.1) is 12.7 Å². The minimum absolute atomic E-state index is 0.116. The van der Waals surface area contributed by atoms with Crippen molar-refractivity contribution in [2.45, 2.75) is 31.3 Å². The first kappa shape index (κ1) is 19.0. The second-order valence-corrected chi connectivity index (χ2v) is 7.12. The standard InChI is InChI=1S/C19H16ClF4N3O4/c1-8-5-9(19(22,23)24)6-13(25-8)27-14(15(28)16(29)18(27)31)17(30)26(2)10-3-4-12(21)11(20)7-10/h3-7,14-16,28-29H,1-2H3/i2D3. The summed E-state index contributed by atoms with van der Waals surface area (Å²) in [4.78, 5) is 30.2. The van der Waals surface area contributed by atoms with Crippen molar-refractivity contribution < 1.29 is 41.5 Å². The molecule has 3 unspecified atom stereocenters. The predicted octanol–water partition coefficient (Wildman–Crippen LogP) is 2.30. The molecular weight excluding hydrogens is 446 g/mol. The molecule has 2 heterocycles. The number of pyridine rings is 1. The first-order valence-corrected chi connectivity index (χ1v) is 8.96. The van der Waals surface area contributed by atoms with Crippen LogP contribution in [-0.2, 0) is 15.8 Å². The van der Waals surface area contributed by atoms with Gasteiger partial charge in [0.15, 0.2) is 6.10 Å². The van der Waals surface area contributed by atoms with E-state index in [0.717, 1.165) is 18.2 Å². The van der Waals surface area contributed by atoms with E-state index in [1.165, 1.54) is 6.92 Å². The van der Waals surface area contributed by atoms with E-state index >= 15 is 0 Å². The number of likely N-dealkylation sites (N-methyl/N-ethyl adjacent to an activating group) is 1. The van der Waals surface area contributed by atoms with E-state index in [1.807, 2.05) is 0 Å². The summed E-state index contributed by atoms with van der Waals surface area (Å²) in [5, 5.41) is 19.9. The van der Waals surface area contributed by atoms with Gasteiger partial charge in [-0.1, -0.05) is 11.6 Å². The number of hydrogen-bond acceptors (Lipinski definition) is 5. The number of alkyl halides is 3. The number of carbonyl (C=O) groups is 2. The van der Waals surface area contributed by atoms with E-state index in [0.29, 0.717) is 17.0 Å². The summed E-state index contributed by atoms with van der Waals surface area (Å²) in [5.41, 5.74) is -1.90. The minimum atomic E-state index is -4.86. The van der Waals surface area contributed by atoms with Crippen LogP contribution in [0.2, 0.25) is 5.02 Å². The number of rotatable bonds is 3. The van der Waals surface area contributed by atoms with E-state index in [-0.39, 0.29) is 10.6 Å². The molecule has 1 aromatic carbocycles. The number of aryl methyl sites for hydroxylation is 1. The van der Waals surface area contributed by atoms with Crippen LogP contribution in [0.3, 0.4) is 0 Å². The van der Waals surface area contributed by atoms with Crippen molar-refractivity contribution in [3.05, 3.63) is 52.4 Å². The summed E-state index contributed by atoms with van der Waals surface area (Å²) >= 11 is 5.68. The van der Waals surface area contributed by atoms with Crippen LogP contribution in [-0.4, -0.2) is 52.2 Å². The highest BCUT2D eigenvalue weighted by Crippen LogP contribution is 2.35. The third-order valence-electron chi connectivity index (χ3n) is 4.56. The van der Waals surface area contributed by atoms with E-state index in [1.54, 1.807) is 0 Å². The Labute approximate surface area is 182 Å². The molecule has 3 rings (SSSR count). The van der Waals surface area contributed by atoms with Gasteiger partial charge in [0.25, 0.3) is 11.8 Å². The van der Waals surface area contributed by atoms with E-state index in [4.69, 9.17) is 15.7 Å². The molecule has 1 aliphatic heterocycles. The van der Waals surface area contributed by atoms with Crippen LogP contribution in [0.5, 0.6) is 0 Å². The van der Waals surface area contributed by atoms with Crippen LogP contribution in [0.4, 0.5) is 29.1 Å². The van der Waals surface area contributed by atoms with Crippen molar-refractivity contribution in [2.24, 2.45) is 0 Å². The number of anilines is 2. The normalized spacial score (nSPS) is 23.4. The lowest BCUT2D eigenvalue weighted by Crippen LogP contribution is -2.50. The molecule has 1 fully saturated rings. The Kier molecular flexibility index (Phi) is 4.93. The smallest absolute Gasteiger partial charge is 0.387 e. The lowest BCUT2D eigenvalue weighted by molar-refractivity contribution is -0.137. The molecule has 1 aliphatic rings. The van der Waals surface area contributed by atoms with Gasteiger partial charge in [0.05, 0.1) is 10.6 Å². The zero-order valence-electron chi connectivity index (χ0n) is 18.6. The zero-order valence-corrected chi connectivity index (χ0v) is 16.3. The summed E-state index contributed by atoms with van der Waals surface area (Å²) in [6.45, 7) is -2.09. The first-order chi connectivity index (χ1) is 15.5. The molecule has 12 heteroatoms. The van der Waals surface area contributed by atoms with Gasteiger partial charge >= 0.3 is 6.18 Å². The SMILES string of the molecule is [2H]C([2H])([2H])N(C(=O)C1C(O)C(O)C(=O)N1c1cc(C(F)(F)F)cc(C)n1)c1ccc(F)c(Cl)c1. The number of nitrogens with zero attached hydrogens (tertiary/aromatic N) is 3. The van der Waals surface area contributed by atoms with Crippen molar-refractivity contribution in [3.8, 4) is 0 Å². The zero-order chi connectivity index (χ0) is 25.7. The van der Waals surface area contributed by atoms with E-state index < -0.39 is 71.1 Å². The first-order valence-electron chi connectivity index (χ1n) is 10.1. The number of hydrogen-bond donors (Lipinski definition) is 2. The van der Waals surface area contributed by atoms with Crippen molar-refractivity contribution in [2.75, 3.05) is 16.8 Å². The number of amides is 2. The van der Waals surface area contributed by atoms with Gasteiger partial charge in [-0.2, -0.15) is 13.2 Å². The Morgan fingerprint density at radius 2 is 1.97 bits per heavy atom. The largest absolute Gasteiger partial charge is 0.416 e. The monoisotopic (exact) mass is 464 g/mol. The summed E-state index contributed by atoms with van der Waals surface area (Å²) < 4.78 is 76.6. The molecule has 0 spiro atoms. The molecule has 0 saturated carbocycles. The fraction of sp³-hybridized carbons (Fsp3) is 0.316. The van der Waals surface area contributed by atoms with Crippen molar-refractivity contribution >= 4 is 34.9 Å². The topological polar surface area (TPSA) is 94.0 Å². The summed E-state index contributed by atoms with van der Waals surface area (Å²) in [6.07, 6.45) is -9.35. The van der Waals surface area contributed by atoms with Crippen molar-refractivity contribution in [3.63, 3.8) is 0 Å². The fourth-order valence-electron chi connectivity index (χ4n) is 3.08. The number of aliphatic hydroxyl groups excluding tert-OH is 2. The Morgan fingerprint density at radius 3 is 2.55 bits per heavy atom. The van der Waals surface area contributed by atoms with Gasteiger partial charge < -0.3 is 15.1 Å². The Bertz CT molecular complexity index is 1150. The van der Waals surface area contributed by atoms with Gasteiger partial charge in [-0.3, -0.25) is 14.5 Å². The van der Waals surface area contributed by atoms with Gasteiger partial charge in [-0.25, -0.2) is 9.37 Å². The number of carbonyl (C=O) groups excluding carboxylic acids is 2. The molecule has 1 saturated heterocycles. The molecule has 1 aromatic heterocycles. The molecule has 3 atom stereocenters. The summed E-state index contributed by atoms with van der Waals surface area (Å²) in [5.74, 6) is -4.55. The van der Waals surface area contributed by atoms with Crippen molar-refractivity contribution in [1.29, 1.82) is 0 Å². The molecule has 166 valence electrons. The van der Waals surface area contributed by atoms with E-state index in [2.05, 4.69) is 4.98 Å². The number of aliphatic hydroxyl groups is 2. The van der Waals surface area contributed by atoms with Crippen LogP contribution >= 0.6 is 11.6 Å². The van der Waals surface area contributed by atoms with Gasteiger partial charge in [0.1, 0.15) is 23.8 Å². The quantitative estimate of drug-likeness (QED) is 0.680. The number of benzene rings is 1. The highest BCUT2D eigenvalue weighted by atomic mass is 35.5. The molecule has 31 heavy (non-hydrogen) atoms. The molecule has 2 N–H and O–H groups in total. The highest BCUT2D eigenvalue weighted by molar-refractivity contribution is 6.31. The van der Waals surface area contributed by atoms with Crippen LogP contribution in [0.1, 0.15) is 15.4 Å². The maximum Gasteiger partial charge on any atom is 0.416 e.